The molecule has 1 aliphatic carbocycles. The molecule has 0 aromatic rings. The van der Waals surface area contributed by atoms with Crippen molar-refractivity contribution in [3.8, 4) is 0 Å². The Labute approximate surface area is 131 Å². The van der Waals surface area contributed by atoms with Crippen LogP contribution in [0.1, 0.15) is 60.8 Å². The molecule has 124 valence electrons. The van der Waals surface area contributed by atoms with E-state index in [1.165, 1.54) is 19.3 Å². The lowest BCUT2D eigenvalue weighted by atomic mass is 9.67. The minimum absolute atomic E-state index is 0.0362. The standard InChI is InChI=1S/C18H36N2O/c1-13-11-20(12-18(5,6)21-13)16-9-15(17(2,3)4)8-7-14(16)10-19/h13-16H,7-12,19H2,1-6H3. The molecule has 2 rings (SSSR count). The number of nitrogens with two attached hydrogens (primary N) is 1. The topological polar surface area (TPSA) is 38.5 Å². The SMILES string of the molecule is CC1CN(C2CC(C(C)(C)C)CCC2CN)CC(C)(C)O1. The van der Waals surface area contributed by atoms with Crippen LogP contribution in [0.2, 0.25) is 0 Å². The van der Waals surface area contributed by atoms with Crippen molar-refractivity contribution in [1.29, 1.82) is 0 Å². The lowest BCUT2D eigenvalue weighted by molar-refractivity contribution is -0.148. The summed E-state index contributed by atoms with van der Waals surface area (Å²) in [5.74, 6) is 1.47. The molecule has 4 atom stereocenters. The van der Waals surface area contributed by atoms with E-state index in [4.69, 9.17) is 10.5 Å². The Morgan fingerprint density at radius 3 is 2.43 bits per heavy atom. The lowest BCUT2D eigenvalue weighted by Gasteiger charge is -2.51. The van der Waals surface area contributed by atoms with E-state index in [1.54, 1.807) is 0 Å². The second kappa shape index (κ2) is 6.17. The summed E-state index contributed by atoms with van der Waals surface area (Å²) in [6, 6.07) is 0.638. The van der Waals surface area contributed by atoms with E-state index < -0.39 is 0 Å². The van der Waals surface area contributed by atoms with Gasteiger partial charge in [-0.25, -0.2) is 0 Å². The molecule has 3 nitrogen and oxygen atoms in total. The van der Waals surface area contributed by atoms with E-state index in [1.807, 2.05) is 0 Å². The number of nitrogens with zero attached hydrogens (tertiary/aromatic N) is 1. The smallest absolute Gasteiger partial charge is 0.0757 e. The minimum Gasteiger partial charge on any atom is -0.370 e. The molecule has 4 unspecified atom stereocenters. The van der Waals surface area contributed by atoms with E-state index >= 15 is 0 Å². The van der Waals surface area contributed by atoms with E-state index in [9.17, 15) is 0 Å². The summed E-state index contributed by atoms with van der Waals surface area (Å²) in [6.45, 7) is 16.7. The molecule has 2 aliphatic rings. The largest absolute Gasteiger partial charge is 0.370 e. The van der Waals surface area contributed by atoms with Crippen LogP contribution in [0.25, 0.3) is 0 Å². The minimum atomic E-state index is -0.0362. The van der Waals surface area contributed by atoms with Gasteiger partial charge in [-0.2, -0.15) is 0 Å². The molecule has 0 aromatic carbocycles. The van der Waals surface area contributed by atoms with Gasteiger partial charge >= 0.3 is 0 Å². The predicted octanol–water partition coefficient (Wildman–Crippen LogP) is 3.28. The van der Waals surface area contributed by atoms with Crippen molar-refractivity contribution < 1.29 is 4.74 Å². The fourth-order valence-corrected chi connectivity index (χ4v) is 4.47. The zero-order valence-electron chi connectivity index (χ0n) is 15.0. The van der Waals surface area contributed by atoms with Crippen LogP contribution in [0, 0.1) is 17.3 Å². The van der Waals surface area contributed by atoms with Crippen LogP contribution in [0.4, 0.5) is 0 Å². The number of hydrogen-bond donors (Lipinski definition) is 1. The van der Waals surface area contributed by atoms with Gasteiger partial charge in [0.15, 0.2) is 0 Å². The first kappa shape index (κ1) is 17.2. The Hall–Kier alpha value is -0.120. The Morgan fingerprint density at radius 1 is 1.24 bits per heavy atom. The van der Waals surface area contributed by atoms with Crippen LogP contribution in [-0.2, 0) is 4.74 Å². The maximum absolute atomic E-state index is 6.10. The molecule has 0 amide bonds. The molecular weight excluding hydrogens is 260 g/mol. The second-order valence-electron chi connectivity index (χ2n) is 9.06. The van der Waals surface area contributed by atoms with Crippen molar-refractivity contribution in [3.05, 3.63) is 0 Å². The van der Waals surface area contributed by atoms with Crippen molar-refractivity contribution in [2.75, 3.05) is 19.6 Å². The van der Waals surface area contributed by atoms with E-state index in [0.717, 1.165) is 25.6 Å². The van der Waals surface area contributed by atoms with Gasteiger partial charge in [0.25, 0.3) is 0 Å². The average Bonchev–Trinajstić information content (AvgIpc) is 2.34. The molecule has 1 saturated heterocycles. The van der Waals surface area contributed by atoms with Crippen LogP contribution >= 0.6 is 0 Å². The Kier molecular flexibility index (Phi) is 5.07. The molecule has 1 saturated carbocycles. The van der Waals surface area contributed by atoms with Crippen LogP contribution in [0.5, 0.6) is 0 Å². The molecule has 0 radical (unpaired) electrons. The molecule has 1 aliphatic heterocycles. The van der Waals surface area contributed by atoms with Crippen molar-refractivity contribution in [2.45, 2.75) is 78.6 Å². The van der Waals surface area contributed by atoms with E-state index in [0.29, 0.717) is 23.5 Å². The van der Waals surface area contributed by atoms with Crippen molar-refractivity contribution >= 4 is 0 Å². The first-order valence-corrected chi connectivity index (χ1v) is 8.74. The fourth-order valence-electron chi connectivity index (χ4n) is 4.47. The highest BCUT2D eigenvalue weighted by Gasteiger charge is 2.42. The van der Waals surface area contributed by atoms with E-state index in [2.05, 4.69) is 46.4 Å². The summed E-state index contributed by atoms with van der Waals surface area (Å²) >= 11 is 0. The molecule has 2 fully saturated rings. The van der Waals surface area contributed by atoms with Crippen molar-refractivity contribution in [3.63, 3.8) is 0 Å². The van der Waals surface area contributed by atoms with Crippen molar-refractivity contribution in [2.24, 2.45) is 23.0 Å². The van der Waals surface area contributed by atoms with Gasteiger partial charge in [0.2, 0.25) is 0 Å². The maximum atomic E-state index is 6.10. The third-order valence-corrected chi connectivity index (χ3v) is 5.55. The van der Waals surface area contributed by atoms with Gasteiger partial charge in [-0.1, -0.05) is 20.8 Å². The van der Waals surface area contributed by atoms with Crippen LogP contribution in [0.3, 0.4) is 0 Å². The molecule has 2 N–H and O–H groups in total. The van der Waals surface area contributed by atoms with Gasteiger partial charge < -0.3 is 10.5 Å². The van der Waals surface area contributed by atoms with Gasteiger partial charge in [-0.15, -0.1) is 0 Å². The molecule has 3 heteroatoms. The summed E-state index contributed by atoms with van der Waals surface area (Å²) in [4.78, 5) is 2.68. The predicted molar refractivity (Wildman–Crippen MR) is 89.3 cm³/mol. The van der Waals surface area contributed by atoms with Gasteiger partial charge in [-0.05, 0) is 63.8 Å². The average molecular weight is 296 g/mol. The second-order valence-corrected chi connectivity index (χ2v) is 9.06. The number of hydrogen-bond acceptors (Lipinski definition) is 3. The van der Waals surface area contributed by atoms with Gasteiger partial charge in [0, 0.05) is 19.1 Å². The van der Waals surface area contributed by atoms with Crippen molar-refractivity contribution in [1.82, 2.24) is 4.90 Å². The maximum Gasteiger partial charge on any atom is 0.0757 e. The fraction of sp³-hybridized carbons (Fsp3) is 1.00. The lowest BCUT2D eigenvalue weighted by Crippen LogP contribution is -2.59. The summed E-state index contributed by atoms with van der Waals surface area (Å²) < 4.78 is 6.08. The van der Waals surface area contributed by atoms with Gasteiger partial charge in [0.1, 0.15) is 0 Å². The van der Waals surface area contributed by atoms with Gasteiger partial charge in [0.05, 0.1) is 11.7 Å². The summed E-state index contributed by atoms with van der Waals surface area (Å²) in [5, 5.41) is 0. The highest BCUT2D eigenvalue weighted by Crippen LogP contribution is 2.42. The summed E-state index contributed by atoms with van der Waals surface area (Å²) in [7, 11) is 0. The third kappa shape index (κ3) is 4.20. The van der Waals surface area contributed by atoms with Crippen LogP contribution in [-0.4, -0.2) is 42.3 Å². The molecule has 0 bridgehead atoms. The third-order valence-electron chi connectivity index (χ3n) is 5.55. The van der Waals surface area contributed by atoms with Crippen LogP contribution in [0.15, 0.2) is 0 Å². The number of morpholine rings is 1. The molecule has 0 aromatic heterocycles. The van der Waals surface area contributed by atoms with E-state index in [-0.39, 0.29) is 5.60 Å². The first-order valence-electron chi connectivity index (χ1n) is 8.74. The Morgan fingerprint density at radius 2 is 1.90 bits per heavy atom. The Bertz CT molecular complexity index is 348. The number of ether oxygens (including phenoxy) is 1. The van der Waals surface area contributed by atoms with Crippen LogP contribution < -0.4 is 5.73 Å². The number of rotatable bonds is 2. The highest BCUT2D eigenvalue weighted by atomic mass is 16.5. The zero-order chi connectivity index (χ0) is 15.8. The monoisotopic (exact) mass is 296 g/mol. The molecule has 1 heterocycles. The summed E-state index contributed by atoms with van der Waals surface area (Å²) in [5.41, 5.74) is 6.47. The first-order chi connectivity index (χ1) is 9.62. The molecule has 21 heavy (non-hydrogen) atoms. The quantitative estimate of drug-likeness (QED) is 0.850. The van der Waals surface area contributed by atoms with Gasteiger partial charge in [-0.3, -0.25) is 4.90 Å². The molecule has 0 spiro atoms. The normalized spacial score (nSPS) is 38.4. The summed E-state index contributed by atoms with van der Waals surface area (Å²) in [6.07, 6.45) is 4.25. The zero-order valence-corrected chi connectivity index (χ0v) is 15.0. The Balaban J connectivity index is 2.13. The molecular formula is C18H36N2O. The highest BCUT2D eigenvalue weighted by molar-refractivity contribution is 4.94.